The molecule has 0 aliphatic heterocycles. The van der Waals surface area contributed by atoms with Crippen LogP contribution in [-0.2, 0) is 12.8 Å². The normalized spacial score (nSPS) is 12.5. The molecule has 0 spiro atoms. The summed E-state index contributed by atoms with van der Waals surface area (Å²) in [6.45, 7) is 4.40. The van der Waals surface area contributed by atoms with Crippen LogP contribution in [0.1, 0.15) is 42.5 Å². The summed E-state index contributed by atoms with van der Waals surface area (Å²) in [6, 6.07) is 46.4. The number of para-hydroxylation sites is 1. The molecule has 6 aromatic carbocycles. The Morgan fingerprint density at radius 1 is 0.566 bits per heavy atom. The molecule has 0 saturated carbocycles. The second-order valence-electron chi connectivity index (χ2n) is 13.6. The highest BCUT2D eigenvalue weighted by atomic mass is 15.0. The van der Waals surface area contributed by atoms with E-state index in [0.717, 1.165) is 69.2 Å². The Labute approximate surface area is 310 Å². The van der Waals surface area contributed by atoms with Gasteiger partial charge in [0.05, 0.1) is 11.2 Å². The largest absolute Gasteiger partial charge is 0.248 e. The summed E-state index contributed by atoms with van der Waals surface area (Å²) in [7, 11) is 0. The van der Waals surface area contributed by atoms with Crippen LogP contribution in [0.2, 0.25) is 0 Å². The Balaban J connectivity index is 1.29. The van der Waals surface area contributed by atoms with Crippen molar-refractivity contribution in [3.8, 4) is 56.5 Å². The van der Waals surface area contributed by atoms with Crippen molar-refractivity contribution in [1.29, 1.82) is 0 Å². The second-order valence-corrected chi connectivity index (χ2v) is 13.6. The number of allylic oxidation sites excluding steroid dienone is 2. The lowest BCUT2D eigenvalue weighted by Crippen LogP contribution is -2.04. The van der Waals surface area contributed by atoms with E-state index in [-0.39, 0.29) is 0 Å². The molecule has 8 aromatic rings. The van der Waals surface area contributed by atoms with Gasteiger partial charge < -0.3 is 0 Å². The third-order valence-corrected chi connectivity index (χ3v) is 10.3. The van der Waals surface area contributed by atoms with Crippen molar-refractivity contribution in [2.75, 3.05) is 0 Å². The number of pyridine rings is 1. The number of benzene rings is 6. The van der Waals surface area contributed by atoms with Gasteiger partial charge >= 0.3 is 0 Å². The third-order valence-electron chi connectivity index (χ3n) is 10.3. The number of hydrogen-bond acceptors (Lipinski definition) is 4. The Morgan fingerprint density at radius 2 is 1.23 bits per heavy atom. The van der Waals surface area contributed by atoms with Gasteiger partial charge in [-0.1, -0.05) is 128 Å². The zero-order valence-corrected chi connectivity index (χ0v) is 29.9. The van der Waals surface area contributed by atoms with Gasteiger partial charge in [-0.05, 0) is 107 Å². The fourth-order valence-corrected chi connectivity index (χ4v) is 7.73. The van der Waals surface area contributed by atoms with Crippen molar-refractivity contribution in [3.63, 3.8) is 0 Å². The van der Waals surface area contributed by atoms with Gasteiger partial charge in [-0.3, -0.25) is 0 Å². The van der Waals surface area contributed by atoms with Gasteiger partial charge in [-0.15, -0.1) is 0 Å². The number of nitrogens with zero attached hydrogens (tertiary/aromatic N) is 4. The lowest BCUT2D eigenvalue weighted by atomic mass is 9.82. The van der Waals surface area contributed by atoms with E-state index in [9.17, 15) is 0 Å². The van der Waals surface area contributed by atoms with Crippen molar-refractivity contribution in [3.05, 3.63) is 168 Å². The first-order valence-electron chi connectivity index (χ1n) is 18.5. The predicted octanol–water partition coefficient (Wildman–Crippen LogP) is 12.5. The molecule has 0 radical (unpaired) electrons. The number of rotatable bonds is 7. The van der Waals surface area contributed by atoms with E-state index < -0.39 is 0 Å². The Bertz CT molecular complexity index is 2650. The van der Waals surface area contributed by atoms with Gasteiger partial charge in [-0.2, -0.15) is 0 Å². The molecule has 254 valence electrons. The van der Waals surface area contributed by atoms with Gasteiger partial charge in [0.15, 0.2) is 17.5 Å². The lowest BCUT2D eigenvalue weighted by molar-refractivity contribution is 0.949. The molecule has 0 bridgehead atoms. The van der Waals surface area contributed by atoms with Crippen molar-refractivity contribution in [2.24, 2.45) is 0 Å². The highest BCUT2D eigenvalue weighted by molar-refractivity contribution is 6.02. The molecule has 4 heteroatoms. The zero-order valence-electron chi connectivity index (χ0n) is 29.9. The number of aromatic nitrogens is 4. The van der Waals surface area contributed by atoms with Crippen LogP contribution in [0.15, 0.2) is 146 Å². The molecule has 0 fully saturated rings. The lowest BCUT2D eigenvalue weighted by Gasteiger charge is -2.22. The smallest absolute Gasteiger partial charge is 0.164 e. The van der Waals surface area contributed by atoms with Crippen molar-refractivity contribution < 1.29 is 0 Å². The van der Waals surface area contributed by atoms with E-state index in [4.69, 9.17) is 19.9 Å². The van der Waals surface area contributed by atoms with Gasteiger partial charge in [-0.25, -0.2) is 19.9 Å². The topological polar surface area (TPSA) is 51.6 Å². The highest BCUT2D eigenvalue weighted by Gasteiger charge is 2.20. The van der Waals surface area contributed by atoms with E-state index in [1.165, 1.54) is 33.0 Å². The van der Waals surface area contributed by atoms with Gasteiger partial charge in [0, 0.05) is 27.6 Å². The Hall–Kier alpha value is -6.52. The van der Waals surface area contributed by atoms with Crippen LogP contribution in [0.4, 0.5) is 0 Å². The first kappa shape index (κ1) is 32.4. The minimum absolute atomic E-state index is 0.615. The summed E-state index contributed by atoms with van der Waals surface area (Å²) in [5, 5.41) is 3.69. The molecule has 53 heavy (non-hydrogen) atoms. The van der Waals surface area contributed by atoms with Crippen LogP contribution < -0.4 is 0 Å². The molecule has 0 atom stereocenters. The van der Waals surface area contributed by atoms with Crippen LogP contribution in [0.5, 0.6) is 0 Å². The third kappa shape index (κ3) is 6.13. The molecule has 4 nitrogen and oxygen atoms in total. The average molecular weight is 683 g/mol. The minimum Gasteiger partial charge on any atom is -0.248 e. The summed E-state index contributed by atoms with van der Waals surface area (Å²) in [5.41, 5.74) is 13.5. The van der Waals surface area contributed by atoms with Gasteiger partial charge in [0.2, 0.25) is 0 Å². The molecule has 0 amide bonds. The Morgan fingerprint density at radius 3 is 1.94 bits per heavy atom. The van der Waals surface area contributed by atoms with E-state index in [0.29, 0.717) is 17.5 Å². The quantitative estimate of drug-likeness (QED) is 0.168. The van der Waals surface area contributed by atoms with Gasteiger partial charge in [0.1, 0.15) is 0 Å². The van der Waals surface area contributed by atoms with E-state index in [1.807, 2.05) is 66.7 Å². The number of hydrogen-bond donors (Lipinski definition) is 0. The fraction of sp³-hybridized carbons (Fsp3) is 0.102. The monoisotopic (exact) mass is 682 g/mol. The van der Waals surface area contributed by atoms with Crippen molar-refractivity contribution in [1.82, 2.24) is 19.9 Å². The number of fused-ring (bicyclic) bond motifs is 4. The molecular formula is C49H38N4. The minimum atomic E-state index is 0.615. The molecule has 0 unspecified atom stereocenters. The van der Waals surface area contributed by atoms with Gasteiger partial charge in [0.25, 0.3) is 0 Å². The average Bonchev–Trinajstić information content (AvgIpc) is 3.23. The molecule has 1 aliphatic rings. The first-order valence-corrected chi connectivity index (χ1v) is 18.5. The van der Waals surface area contributed by atoms with E-state index >= 15 is 0 Å². The molecular weight excluding hydrogens is 645 g/mol. The second kappa shape index (κ2) is 13.9. The van der Waals surface area contributed by atoms with Crippen LogP contribution in [0.25, 0.3) is 90.4 Å². The molecule has 2 heterocycles. The van der Waals surface area contributed by atoms with Crippen molar-refractivity contribution in [2.45, 2.75) is 33.1 Å². The summed E-state index contributed by atoms with van der Waals surface area (Å²) in [6.07, 6.45) is 12.3. The first-order chi connectivity index (χ1) is 26.2. The van der Waals surface area contributed by atoms with E-state index in [1.54, 1.807) is 0 Å². The maximum atomic E-state index is 5.13. The summed E-state index contributed by atoms with van der Waals surface area (Å²) in [5.74, 6) is 1.89. The van der Waals surface area contributed by atoms with Crippen LogP contribution >= 0.6 is 0 Å². The summed E-state index contributed by atoms with van der Waals surface area (Å²) < 4.78 is 0. The molecule has 0 saturated heterocycles. The molecule has 1 aliphatic carbocycles. The van der Waals surface area contributed by atoms with E-state index in [2.05, 4.69) is 105 Å². The standard InChI is InChI=1S/C49H38N4/c1-3-15-40-39(4-2)41-21-12-13-22-42(41)43-26-24-35(31-44(40)43)36-28-37(46-27-25-32-16-11-14-23-45(32)50-46)30-38(29-36)49-52-47(33-17-7-5-8-18-33)51-48(53-49)34-19-9-6-10-20-34/h3,5-11,13-20,22-31H,4,12,21H2,1-2H3/b15-3-. The van der Waals surface area contributed by atoms with Crippen LogP contribution in [0.3, 0.4) is 0 Å². The predicted molar refractivity (Wildman–Crippen MR) is 221 cm³/mol. The maximum Gasteiger partial charge on any atom is 0.164 e. The highest BCUT2D eigenvalue weighted by Crippen LogP contribution is 2.40. The van der Waals surface area contributed by atoms with Crippen molar-refractivity contribution >= 4 is 33.8 Å². The maximum absolute atomic E-state index is 5.13. The zero-order chi connectivity index (χ0) is 35.7. The van der Waals surface area contributed by atoms with Crippen LogP contribution in [-0.4, -0.2) is 19.9 Å². The Kier molecular flexibility index (Phi) is 8.49. The summed E-state index contributed by atoms with van der Waals surface area (Å²) >= 11 is 0. The SMILES string of the molecule is C/C=C\c1c(CC)c2c(c3ccc(-c4cc(-c5ccc6ccccc6n5)cc(-c5nc(-c6ccccc6)nc(-c6ccccc6)n5)c4)cc13)C=CCC2. The molecule has 2 aromatic heterocycles. The molecule has 0 N–H and O–H groups in total. The summed E-state index contributed by atoms with van der Waals surface area (Å²) in [4.78, 5) is 20.3. The molecule has 9 rings (SSSR count). The fourth-order valence-electron chi connectivity index (χ4n) is 7.73. The van der Waals surface area contributed by atoms with Crippen LogP contribution in [0, 0.1) is 0 Å².